The molecule has 0 unspecified atom stereocenters. The van der Waals surface area contributed by atoms with Crippen LogP contribution in [0.1, 0.15) is 11.1 Å². The highest BCUT2D eigenvalue weighted by Crippen LogP contribution is 2.37. The van der Waals surface area contributed by atoms with Gasteiger partial charge in [-0.15, -0.1) is 0 Å². The molecule has 0 saturated carbocycles. The van der Waals surface area contributed by atoms with Crippen LogP contribution in [-0.2, 0) is 9.84 Å². The van der Waals surface area contributed by atoms with E-state index in [2.05, 4.69) is 0 Å². The first kappa shape index (κ1) is 17.5. The number of aryl methyl sites for hydroxylation is 2. The summed E-state index contributed by atoms with van der Waals surface area (Å²) in [6.45, 7) is 3.73. The lowest BCUT2D eigenvalue weighted by atomic mass is 10.1. The van der Waals surface area contributed by atoms with E-state index >= 15 is 0 Å². The molecule has 0 saturated heterocycles. The third kappa shape index (κ3) is 2.94. The topological polar surface area (TPSA) is 38.5 Å². The van der Waals surface area contributed by atoms with Crippen molar-refractivity contribution in [2.45, 2.75) is 23.6 Å². The van der Waals surface area contributed by atoms with Crippen LogP contribution in [0.3, 0.4) is 0 Å². The summed E-state index contributed by atoms with van der Waals surface area (Å²) < 4.78 is 42.4. The average Bonchev–Trinajstić information content (AvgIpc) is 3.02. The van der Waals surface area contributed by atoms with Crippen LogP contribution < -0.4 is 0 Å². The summed E-state index contributed by atoms with van der Waals surface area (Å²) in [6, 6.07) is 16.6. The second-order valence-corrected chi connectivity index (χ2v) is 8.50. The standard InChI is InChI=1S/C22H18FNO2S/c1-15-6-11-21(16(2)13-15)27(25,26)22-19(17-7-9-18(23)10-8-17)14-24-12-4-3-5-20(22)24/h3-14H,1-2H3. The van der Waals surface area contributed by atoms with Crippen molar-refractivity contribution in [3.8, 4) is 11.1 Å². The first-order valence-corrected chi connectivity index (χ1v) is 10.0. The van der Waals surface area contributed by atoms with Crippen LogP contribution in [0.25, 0.3) is 16.6 Å². The van der Waals surface area contributed by atoms with E-state index in [4.69, 9.17) is 0 Å². The number of benzene rings is 2. The Labute approximate surface area is 157 Å². The van der Waals surface area contributed by atoms with Gasteiger partial charge < -0.3 is 4.40 Å². The van der Waals surface area contributed by atoms with Crippen LogP contribution in [0, 0.1) is 19.7 Å². The Balaban J connectivity index is 2.05. The lowest BCUT2D eigenvalue weighted by molar-refractivity contribution is 0.596. The fourth-order valence-corrected chi connectivity index (χ4v) is 5.28. The molecule has 2 aromatic carbocycles. The lowest BCUT2D eigenvalue weighted by Gasteiger charge is -2.11. The minimum Gasteiger partial charge on any atom is -0.322 e. The van der Waals surface area contributed by atoms with Gasteiger partial charge in [0.05, 0.1) is 10.4 Å². The van der Waals surface area contributed by atoms with Crippen molar-refractivity contribution in [1.29, 1.82) is 0 Å². The summed E-state index contributed by atoms with van der Waals surface area (Å²) in [6.07, 6.45) is 3.59. The molecule has 4 aromatic rings. The van der Waals surface area contributed by atoms with Crippen molar-refractivity contribution >= 4 is 15.4 Å². The highest BCUT2D eigenvalue weighted by Gasteiger charge is 2.28. The summed E-state index contributed by atoms with van der Waals surface area (Å²) >= 11 is 0. The van der Waals surface area contributed by atoms with Crippen molar-refractivity contribution in [3.63, 3.8) is 0 Å². The van der Waals surface area contributed by atoms with E-state index in [-0.39, 0.29) is 15.6 Å². The molecule has 0 aliphatic heterocycles. The third-order valence-electron chi connectivity index (χ3n) is 4.68. The molecule has 0 spiro atoms. The first-order valence-electron chi connectivity index (χ1n) is 8.56. The first-order chi connectivity index (χ1) is 12.9. The molecule has 0 N–H and O–H groups in total. The van der Waals surface area contributed by atoms with E-state index in [0.717, 1.165) is 5.56 Å². The lowest BCUT2D eigenvalue weighted by Crippen LogP contribution is -2.05. The largest absolute Gasteiger partial charge is 0.322 e. The number of halogens is 1. The third-order valence-corrected chi connectivity index (χ3v) is 6.68. The smallest absolute Gasteiger partial charge is 0.209 e. The SMILES string of the molecule is Cc1ccc(S(=O)(=O)c2c(-c3ccc(F)cc3)cn3ccccc23)c(C)c1. The molecule has 27 heavy (non-hydrogen) atoms. The quantitative estimate of drug-likeness (QED) is 0.491. The number of aromatic nitrogens is 1. The van der Waals surface area contributed by atoms with Crippen LogP contribution in [0.4, 0.5) is 4.39 Å². The van der Waals surface area contributed by atoms with Crippen LogP contribution >= 0.6 is 0 Å². The minimum atomic E-state index is -3.77. The Kier molecular flexibility index (Phi) is 4.12. The molecule has 136 valence electrons. The van der Waals surface area contributed by atoms with E-state index in [1.807, 2.05) is 31.3 Å². The maximum absolute atomic E-state index is 13.6. The average molecular weight is 379 g/mol. The monoisotopic (exact) mass is 379 g/mol. The van der Waals surface area contributed by atoms with Gasteiger partial charge in [-0.1, -0.05) is 35.9 Å². The molecule has 0 fully saturated rings. The summed E-state index contributed by atoms with van der Waals surface area (Å²) in [5, 5.41) is 0. The van der Waals surface area contributed by atoms with Gasteiger partial charge in [0.2, 0.25) is 9.84 Å². The van der Waals surface area contributed by atoms with E-state index in [0.29, 0.717) is 22.2 Å². The highest BCUT2D eigenvalue weighted by atomic mass is 32.2. The van der Waals surface area contributed by atoms with Gasteiger partial charge in [-0.3, -0.25) is 0 Å². The van der Waals surface area contributed by atoms with Crippen molar-refractivity contribution in [2.24, 2.45) is 0 Å². The van der Waals surface area contributed by atoms with E-state index in [9.17, 15) is 12.8 Å². The van der Waals surface area contributed by atoms with Crippen molar-refractivity contribution < 1.29 is 12.8 Å². The predicted octanol–water partition coefficient (Wildman–Crippen LogP) is 5.20. The normalized spacial score (nSPS) is 11.8. The zero-order valence-electron chi connectivity index (χ0n) is 15.0. The highest BCUT2D eigenvalue weighted by molar-refractivity contribution is 7.92. The molecular formula is C22H18FNO2S. The van der Waals surface area contributed by atoms with Gasteiger partial charge in [-0.25, -0.2) is 12.8 Å². The number of rotatable bonds is 3. The zero-order valence-corrected chi connectivity index (χ0v) is 15.8. The fourth-order valence-electron chi connectivity index (χ4n) is 3.42. The van der Waals surface area contributed by atoms with Gasteiger partial charge in [-0.2, -0.15) is 0 Å². The van der Waals surface area contributed by atoms with Gasteiger partial charge in [0.15, 0.2) is 0 Å². The summed E-state index contributed by atoms with van der Waals surface area (Å²) in [5.41, 5.74) is 3.52. The van der Waals surface area contributed by atoms with Crippen molar-refractivity contribution in [3.05, 3.63) is 90.0 Å². The van der Waals surface area contributed by atoms with Crippen LogP contribution in [0.15, 0.2) is 82.8 Å². The Bertz CT molecular complexity index is 1260. The van der Waals surface area contributed by atoms with Gasteiger partial charge >= 0.3 is 0 Å². The number of pyridine rings is 1. The van der Waals surface area contributed by atoms with Crippen LogP contribution in [0.2, 0.25) is 0 Å². The molecular weight excluding hydrogens is 361 g/mol. The summed E-state index contributed by atoms with van der Waals surface area (Å²) in [7, 11) is -3.77. The molecule has 0 aliphatic carbocycles. The molecule has 2 aromatic heterocycles. The second kappa shape index (κ2) is 6.35. The maximum atomic E-state index is 13.6. The van der Waals surface area contributed by atoms with E-state index < -0.39 is 9.84 Å². The van der Waals surface area contributed by atoms with Gasteiger partial charge in [0.1, 0.15) is 10.7 Å². The van der Waals surface area contributed by atoms with Gasteiger partial charge in [0, 0.05) is 18.0 Å². The Morgan fingerprint density at radius 1 is 0.926 bits per heavy atom. The second-order valence-electron chi connectivity index (χ2n) is 6.64. The van der Waals surface area contributed by atoms with Gasteiger partial charge in [-0.05, 0) is 55.3 Å². The van der Waals surface area contributed by atoms with E-state index in [1.165, 1.54) is 12.1 Å². The van der Waals surface area contributed by atoms with Crippen molar-refractivity contribution in [1.82, 2.24) is 4.40 Å². The Hall–Kier alpha value is -2.92. The van der Waals surface area contributed by atoms with E-state index in [1.54, 1.807) is 47.9 Å². The summed E-state index contributed by atoms with van der Waals surface area (Å²) in [4.78, 5) is 0.523. The summed E-state index contributed by atoms with van der Waals surface area (Å²) in [5.74, 6) is -0.360. The van der Waals surface area contributed by atoms with Crippen LogP contribution in [-0.4, -0.2) is 12.8 Å². The number of hydrogen-bond donors (Lipinski definition) is 0. The maximum Gasteiger partial charge on any atom is 0.209 e. The molecule has 5 heteroatoms. The molecule has 3 nitrogen and oxygen atoms in total. The fraction of sp³-hybridized carbons (Fsp3) is 0.0909. The molecule has 0 bridgehead atoms. The number of nitrogens with zero attached hydrogens (tertiary/aromatic N) is 1. The molecule has 0 atom stereocenters. The number of sulfone groups is 1. The number of fused-ring (bicyclic) bond motifs is 1. The molecule has 4 rings (SSSR count). The molecule has 0 amide bonds. The Morgan fingerprint density at radius 3 is 2.37 bits per heavy atom. The number of hydrogen-bond acceptors (Lipinski definition) is 2. The Morgan fingerprint density at radius 2 is 1.67 bits per heavy atom. The predicted molar refractivity (Wildman–Crippen MR) is 104 cm³/mol. The minimum absolute atomic E-state index is 0.238. The van der Waals surface area contributed by atoms with Crippen LogP contribution in [0.5, 0.6) is 0 Å². The zero-order chi connectivity index (χ0) is 19.2. The molecule has 0 aliphatic rings. The molecule has 0 radical (unpaired) electrons. The molecule has 2 heterocycles. The van der Waals surface area contributed by atoms with Crippen molar-refractivity contribution in [2.75, 3.05) is 0 Å². The van der Waals surface area contributed by atoms with Gasteiger partial charge in [0.25, 0.3) is 0 Å².